The number of hydrogen-bond acceptors (Lipinski definition) is 6. The van der Waals surface area contributed by atoms with E-state index in [4.69, 9.17) is 4.74 Å². The summed E-state index contributed by atoms with van der Waals surface area (Å²) in [5.41, 5.74) is 1.31. The number of nitrogens with zero attached hydrogens (tertiary/aromatic N) is 3. The smallest absolute Gasteiger partial charge is 0.312 e. The van der Waals surface area contributed by atoms with Crippen molar-refractivity contribution < 1.29 is 14.5 Å². The van der Waals surface area contributed by atoms with Gasteiger partial charge in [-0.2, -0.15) is 0 Å². The van der Waals surface area contributed by atoms with Gasteiger partial charge in [0, 0.05) is 30.1 Å². The fourth-order valence-corrected chi connectivity index (χ4v) is 2.10. The average Bonchev–Trinajstić information content (AvgIpc) is 2.54. The van der Waals surface area contributed by atoms with Crippen LogP contribution < -0.4 is 4.74 Å². The first-order valence-electron chi connectivity index (χ1n) is 6.72. The van der Waals surface area contributed by atoms with Gasteiger partial charge >= 0.3 is 5.69 Å². The Kier molecular flexibility index (Phi) is 3.68. The van der Waals surface area contributed by atoms with Crippen molar-refractivity contribution in [3.8, 4) is 11.5 Å². The molecular weight excluding hydrogens is 298 g/mol. The van der Waals surface area contributed by atoms with Gasteiger partial charge in [-0.05, 0) is 31.2 Å². The molecule has 0 aliphatic heterocycles. The summed E-state index contributed by atoms with van der Waals surface area (Å²) in [5.74, 6) is 0.209. The Bertz CT molecular complexity index is 924. The number of fused-ring (bicyclic) bond motifs is 1. The summed E-state index contributed by atoms with van der Waals surface area (Å²) in [4.78, 5) is 30.3. The molecule has 0 N–H and O–H groups in total. The largest absolute Gasteiger partial charge is 0.450 e. The number of hydrogen-bond donors (Lipinski definition) is 0. The highest BCUT2D eigenvalue weighted by Gasteiger charge is 2.18. The van der Waals surface area contributed by atoms with Gasteiger partial charge in [-0.15, -0.1) is 0 Å². The van der Waals surface area contributed by atoms with E-state index >= 15 is 0 Å². The van der Waals surface area contributed by atoms with Crippen molar-refractivity contribution in [1.29, 1.82) is 0 Å². The normalized spacial score (nSPS) is 10.5. The van der Waals surface area contributed by atoms with Crippen molar-refractivity contribution in [3.05, 3.63) is 64.5 Å². The predicted octanol–water partition coefficient (Wildman–Crippen LogP) is 3.53. The molecule has 1 aromatic heterocycles. The van der Waals surface area contributed by atoms with Gasteiger partial charge in [0.1, 0.15) is 5.75 Å². The summed E-state index contributed by atoms with van der Waals surface area (Å²) in [6, 6.07) is 9.12. The van der Waals surface area contributed by atoms with Gasteiger partial charge in [0.15, 0.2) is 5.78 Å². The molecule has 0 saturated carbocycles. The van der Waals surface area contributed by atoms with Crippen molar-refractivity contribution in [2.75, 3.05) is 0 Å². The number of carbonyl (C=O) groups is 1. The number of aromatic nitrogens is 2. The Hall–Kier alpha value is -3.35. The van der Waals surface area contributed by atoms with Crippen LogP contribution in [0.4, 0.5) is 5.69 Å². The lowest BCUT2D eigenvalue weighted by molar-refractivity contribution is -0.385. The summed E-state index contributed by atoms with van der Waals surface area (Å²) in [6.07, 6.45) is 3.13. The minimum atomic E-state index is -0.581. The molecule has 0 spiro atoms. The Morgan fingerprint density at radius 1 is 1.09 bits per heavy atom. The van der Waals surface area contributed by atoms with E-state index in [9.17, 15) is 14.9 Å². The van der Waals surface area contributed by atoms with Crippen molar-refractivity contribution in [2.45, 2.75) is 6.92 Å². The van der Waals surface area contributed by atoms with Crippen LogP contribution in [0.5, 0.6) is 11.5 Å². The molecule has 0 aliphatic carbocycles. The fraction of sp³-hybridized carbons (Fsp3) is 0.0625. The first kappa shape index (κ1) is 14.6. The molecule has 0 fully saturated rings. The molecule has 0 aliphatic rings. The average molecular weight is 309 g/mol. The molecule has 114 valence electrons. The van der Waals surface area contributed by atoms with Crippen LogP contribution in [0.15, 0.2) is 48.8 Å². The molecule has 3 aromatic rings. The number of rotatable bonds is 4. The Labute approximate surface area is 130 Å². The lowest BCUT2D eigenvalue weighted by Crippen LogP contribution is -1.98. The van der Waals surface area contributed by atoms with E-state index in [1.165, 1.54) is 25.1 Å². The first-order valence-corrected chi connectivity index (χ1v) is 6.72. The first-order chi connectivity index (χ1) is 11.0. The SMILES string of the molecule is CC(=O)c1ccc(Oc2ccc3nccnc3c2)c([N+](=O)[O-])c1. The standard InChI is InChI=1S/C16H11N3O4/c1-10(20)11-2-5-16(15(8-11)19(21)22)23-12-3-4-13-14(9-12)18-7-6-17-13/h2-9H,1H3. The van der Waals surface area contributed by atoms with Crippen molar-refractivity contribution >= 4 is 22.5 Å². The third-order valence-electron chi connectivity index (χ3n) is 3.23. The van der Waals surface area contributed by atoms with Gasteiger partial charge in [-0.3, -0.25) is 24.9 Å². The number of ketones is 1. The number of nitro groups is 1. The molecule has 0 unspecified atom stereocenters. The van der Waals surface area contributed by atoms with Crippen molar-refractivity contribution in [1.82, 2.24) is 9.97 Å². The molecule has 7 heteroatoms. The van der Waals surface area contributed by atoms with E-state index in [0.717, 1.165) is 0 Å². The van der Waals surface area contributed by atoms with Crippen LogP contribution >= 0.6 is 0 Å². The monoisotopic (exact) mass is 309 g/mol. The van der Waals surface area contributed by atoms with Crippen LogP contribution in [-0.4, -0.2) is 20.7 Å². The Balaban J connectivity index is 2.00. The van der Waals surface area contributed by atoms with Crippen LogP contribution in [0, 0.1) is 10.1 Å². The molecule has 0 bridgehead atoms. The maximum absolute atomic E-state index is 11.4. The quantitative estimate of drug-likeness (QED) is 0.415. The van der Waals surface area contributed by atoms with Crippen LogP contribution in [0.3, 0.4) is 0 Å². The molecule has 1 heterocycles. The second kappa shape index (κ2) is 5.80. The number of ether oxygens (including phenoxy) is 1. The van der Waals surface area contributed by atoms with Crippen LogP contribution in [0.1, 0.15) is 17.3 Å². The van der Waals surface area contributed by atoms with E-state index in [1.54, 1.807) is 30.6 Å². The number of nitro benzene ring substituents is 1. The van der Waals surface area contributed by atoms with Gasteiger partial charge in [-0.1, -0.05) is 0 Å². The maximum atomic E-state index is 11.4. The molecule has 0 atom stereocenters. The van der Waals surface area contributed by atoms with E-state index in [1.807, 2.05) is 0 Å². The summed E-state index contributed by atoms with van der Waals surface area (Å²) < 4.78 is 5.59. The second-order valence-electron chi connectivity index (χ2n) is 4.80. The number of carbonyl (C=O) groups excluding carboxylic acids is 1. The van der Waals surface area contributed by atoms with Crippen molar-refractivity contribution in [2.24, 2.45) is 0 Å². The minimum absolute atomic E-state index is 0.0586. The van der Waals surface area contributed by atoms with Crippen LogP contribution in [0.2, 0.25) is 0 Å². The predicted molar refractivity (Wildman–Crippen MR) is 82.7 cm³/mol. The number of benzene rings is 2. The zero-order valence-electron chi connectivity index (χ0n) is 12.1. The summed E-state index contributed by atoms with van der Waals surface area (Å²) in [6.45, 7) is 1.35. The zero-order chi connectivity index (χ0) is 16.4. The maximum Gasteiger partial charge on any atom is 0.312 e. The van der Waals surface area contributed by atoms with Gasteiger partial charge < -0.3 is 4.74 Å². The minimum Gasteiger partial charge on any atom is -0.450 e. The van der Waals surface area contributed by atoms with Crippen molar-refractivity contribution in [3.63, 3.8) is 0 Å². The van der Waals surface area contributed by atoms with Crippen LogP contribution in [-0.2, 0) is 0 Å². The fourth-order valence-electron chi connectivity index (χ4n) is 2.10. The summed E-state index contributed by atoms with van der Waals surface area (Å²) in [7, 11) is 0. The Morgan fingerprint density at radius 3 is 2.52 bits per heavy atom. The van der Waals surface area contributed by atoms with E-state index in [0.29, 0.717) is 16.8 Å². The molecule has 2 aromatic carbocycles. The zero-order valence-corrected chi connectivity index (χ0v) is 12.1. The highest BCUT2D eigenvalue weighted by atomic mass is 16.6. The van der Waals surface area contributed by atoms with E-state index < -0.39 is 4.92 Å². The topological polar surface area (TPSA) is 95.2 Å². The summed E-state index contributed by atoms with van der Waals surface area (Å²) in [5, 5.41) is 11.2. The molecule has 0 radical (unpaired) electrons. The second-order valence-corrected chi connectivity index (χ2v) is 4.80. The van der Waals surface area contributed by atoms with Gasteiger partial charge in [0.05, 0.1) is 16.0 Å². The third kappa shape index (κ3) is 2.98. The Morgan fingerprint density at radius 2 is 1.83 bits per heavy atom. The summed E-state index contributed by atoms with van der Waals surface area (Å²) >= 11 is 0. The van der Waals surface area contributed by atoms with E-state index in [-0.39, 0.29) is 22.8 Å². The van der Waals surface area contributed by atoms with Gasteiger partial charge in [-0.25, -0.2) is 0 Å². The molecular formula is C16H11N3O4. The molecule has 23 heavy (non-hydrogen) atoms. The van der Waals surface area contributed by atoms with Gasteiger partial charge in [0.25, 0.3) is 0 Å². The lowest BCUT2D eigenvalue weighted by Gasteiger charge is -2.07. The highest BCUT2D eigenvalue weighted by Crippen LogP contribution is 2.33. The molecule has 0 saturated heterocycles. The van der Waals surface area contributed by atoms with Crippen LogP contribution in [0.25, 0.3) is 11.0 Å². The lowest BCUT2D eigenvalue weighted by atomic mass is 10.1. The molecule has 0 amide bonds. The molecule has 3 rings (SSSR count). The molecule has 7 nitrogen and oxygen atoms in total. The van der Waals surface area contributed by atoms with E-state index in [2.05, 4.69) is 9.97 Å². The highest BCUT2D eigenvalue weighted by molar-refractivity contribution is 5.95. The number of Topliss-reactive ketones (excluding diaryl/α,β-unsaturated/α-hetero) is 1. The third-order valence-corrected chi connectivity index (χ3v) is 3.23. The van der Waals surface area contributed by atoms with Gasteiger partial charge in [0.2, 0.25) is 5.75 Å².